The number of hydrogen-bond acceptors (Lipinski definition) is 2. The summed E-state index contributed by atoms with van der Waals surface area (Å²) in [5.74, 6) is 2.50. The lowest BCUT2D eigenvalue weighted by Crippen LogP contribution is -2.59. The summed E-state index contributed by atoms with van der Waals surface area (Å²) in [7, 11) is 0. The maximum absolute atomic E-state index is 12.9. The van der Waals surface area contributed by atoms with Gasteiger partial charge in [-0.05, 0) is 43.4 Å². The SMILES string of the molecule is CC1CCCC(N)(C(=O)N2CCC3CCCCC3C2)C1. The summed E-state index contributed by atoms with van der Waals surface area (Å²) < 4.78 is 0. The first kappa shape index (κ1) is 14.4. The van der Waals surface area contributed by atoms with Gasteiger partial charge in [0.2, 0.25) is 5.91 Å². The van der Waals surface area contributed by atoms with Crippen molar-refractivity contribution in [2.75, 3.05) is 13.1 Å². The normalized spacial score (nSPS) is 42.1. The molecule has 2 aliphatic carbocycles. The highest BCUT2D eigenvalue weighted by molar-refractivity contribution is 5.86. The van der Waals surface area contributed by atoms with E-state index in [1.165, 1.54) is 38.5 Å². The molecule has 1 heterocycles. The monoisotopic (exact) mass is 278 g/mol. The fourth-order valence-corrected chi connectivity index (χ4v) is 4.89. The standard InChI is InChI=1S/C17H30N2O/c1-13-5-4-9-17(18,11-13)16(20)19-10-8-14-6-2-3-7-15(14)12-19/h13-15H,2-12,18H2,1H3. The fraction of sp³-hybridized carbons (Fsp3) is 0.941. The van der Waals surface area contributed by atoms with Crippen LogP contribution in [-0.2, 0) is 4.79 Å². The molecular formula is C17H30N2O. The quantitative estimate of drug-likeness (QED) is 0.801. The zero-order chi connectivity index (χ0) is 14.2. The lowest BCUT2D eigenvalue weighted by Gasteiger charge is -2.45. The number of nitrogens with zero attached hydrogens (tertiary/aromatic N) is 1. The van der Waals surface area contributed by atoms with E-state index in [4.69, 9.17) is 5.73 Å². The van der Waals surface area contributed by atoms with Crippen LogP contribution in [-0.4, -0.2) is 29.4 Å². The number of hydrogen-bond donors (Lipinski definition) is 1. The Morgan fingerprint density at radius 2 is 1.85 bits per heavy atom. The second kappa shape index (κ2) is 5.67. The van der Waals surface area contributed by atoms with Gasteiger partial charge in [0.05, 0.1) is 5.54 Å². The van der Waals surface area contributed by atoms with Crippen molar-refractivity contribution in [3.8, 4) is 0 Å². The van der Waals surface area contributed by atoms with Crippen LogP contribution in [0.5, 0.6) is 0 Å². The number of nitrogens with two attached hydrogens (primary N) is 1. The zero-order valence-corrected chi connectivity index (χ0v) is 12.9. The van der Waals surface area contributed by atoms with Crippen molar-refractivity contribution in [3.63, 3.8) is 0 Å². The molecule has 20 heavy (non-hydrogen) atoms. The fourth-order valence-electron chi connectivity index (χ4n) is 4.89. The zero-order valence-electron chi connectivity index (χ0n) is 12.9. The van der Waals surface area contributed by atoms with E-state index in [1.54, 1.807) is 0 Å². The van der Waals surface area contributed by atoms with Crippen molar-refractivity contribution in [2.24, 2.45) is 23.5 Å². The number of amides is 1. The molecule has 0 aromatic carbocycles. The minimum absolute atomic E-state index is 0.257. The molecule has 1 amide bonds. The van der Waals surface area contributed by atoms with Crippen LogP contribution in [0.1, 0.15) is 64.7 Å². The molecule has 3 heteroatoms. The van der Waals surface area contributed by atoms with Gasteiger partial charge in [-0.15, -0.1) is 0 Å². The second-order valence-corrected chi connectivity index (χ2v) is 7.70. The molecule has 3 rings (SSSR count). The average Bonchev–Trinajstić information content (AvgIpc) is 2.45. The molecule has 1 saturated heterocycles. The van der Waals surface area contributed by atoms with Gasteiger partial charge in [0, 0.05) is 13.1 Å². The van der Waals surface area contributed by atoms with Crippen molar-refractivity contribution >= 4 is 5.91 Å². The van der Waals surface area contributed by atoms with Gasteiger partial charge >= 0.3 is 0 Å². The van der Waals surface area contributed by atoms with E-state index in [1.807, 2.05) is 0 Å². The number of fused-ring (bicyclic) bond motifs is 1. The molecule has 0 radical (unpaired) electrons. The van der Waals surface area contributed by atoms with Crippen molar-refractivity contribution < 1.29 is 4.79 Å². The van der Waals surface area contributed by atoms with E-state index >= 15 is 0 Å². The molecule has 0 bridgehead atoms. The van der Waals surface area contributed by atoms with Gasteiger partial charge in [0.15, 0.2) is 0 Å². The van der Waals surface area contributed by atoms with E-state index in [-0.39, 0.29) is 5.91 Å². The maximum atomic E-state index is 12.9. The summed E-state index contributed by atoms with van der Waals surface area (Å²) >= 11 is 0. The van der Waals surface area contributed by atoms with Crippen molar-refractivity contribution in [1.82, 2.24) is 4.90 Å². The average molecular weight is 278 g/mol. The maximum Gasteiger partial charge on any atom is 0.242 e. The summed E-state index contributed by atoms with van der Waals surface area (Å²) in [5.41, 5.74) is 5.94. The van der Waals surface area contributed by atoms with Gasteiger partial charge in [-0.1, -0.05) is 39.0 Å². The second-order valence-electron chi connectivity index (χ2n) is 7.70. The Kier molecular flexibility index (Phi) is 4.07. The highest BCUT2D eigenvalue weighted by Gasteiger charge is 2.43. The summed E-state index contributed by atoms with van der Waals surface area (Å²) in [4.78, 5) is 15.0. The molecule has 1 aliphatic heterocycles. The summed E-state index contributed by atoms with van der Waals surface area (Å²) in [5, 5.41) is 0. The van der Waals surface area contributed by atoms with Crippen LogP contribution >= 0.6 is 0 Å². The Hall–Kier alpha value is -0.570. The predicted molar refractivity (Wildman–Crippen MR) is 81.2 cm³/mol. The lowest BCUT2D eigenvalue weighted by atomic mass is 9.73. The first-order valence-electron chi connectivity index (χ1n) is 8.67. The van der Waals surface area contributed by atoms with Crippen LogP contribution in [0.2, 0.25) is 0 Å². The van der Waals surface area contributed by atoms with Gasteiger partial charge < -0.3 is 10.6 Å². The Morgan fingerprint density at radius 3 is 2.60 bits per heavy atom. The predicted octanol–water partition coefficient (Wildman–Crippen LogP) is 2.93. The number of carbonyl (C=O) groups excluding carboxylic acids is 1. The minimum atomic E-state index is -0.556. The van der Waals surface area contributed by atoms with Gasteiger partial charge in [-0.3, -0.25) is 4.79 Å². The number of carbonyl (C=O) groups is 1. The topological polar surface area (TPSA) is 46.3 Å². The van der Waals surface area contributed by atoms with E-state index in [2.05, 4.69) is 11.8 Å². The largest absolute Gasteiger partial charge is 0.341 e. The molecule has 0 spiro atoms. The van der Waals surface area contributed by atoms with E-state index in [0.29, 0.717) is 5.92 Å². The summed E-state index contributed by atoms with van der Waals surface area (Å²) in [6, 6.07) is 0. The molecule has 3 aliphatic rings. The Bertz CT molecular complexity index is 370. The highest BCUT2D eigenvalue weighted by atomic mass is 16.2. The highest BCUT2D eigenvalue weighted by Crippen LogP contribution is 2.38. The van der Waals surface area contributed by atoms with E-state index < -0.39 is 5.54 Å². The van der Waals surface area contributed by atoms with Crippen molar-refractivity contribution in [1.29, 1.82) is 0 Å². The molecule has 0 aromatic rings. The molecule has 0 aromatic heterocycles. The third-order valence-corrected chi connectivity index (χ3v) is 6.04. The third-order valence-electron chi connectivity index (χ3n) is 6.04. The molecule has 4 unspecified atom stereocenters. The van der Waals surface area contributed by atoms with Crippen LogP contribution in [0, 0.1) is 17.8 Å². The van der Waals surface area contributed by atoms with Gasteiger partial charge in [-0.25, -0.2) is 0 Å². The molecule has 2 saturated carbocycles. The minimum Gasteiger partial charge on any atom is -0.341 e. The third kappa shape index (κ3) is 2.74. The van der Waals surface area contributed by atoms with Crippen LogP contribution in [0.25, 0.3) is 0 Å². The van der Waals surface area contributed by atoms with Crippen molar-refractivity contribution in [2.45, 2.75) is 70.3 Å². The van der Waals surface area contributed by atoms with Crippen LogP contribution in [0.3, 0.4) is 0 Å². The summed E-state index contributed by atoms with van der Waals surface area (Å²) in [6.07, 6.45) is 10.8. The molecule has 114 valence electrons. The molecular weight excluding hydrogens is 248 g/mol. The molecule has 2 N–H and O–H groups in total. The van der Waals surface area contributed by atoms with E-state index in [9.17, 15) is 4.79 Å². The van der Waals surface area contributed by atoms with E-state index in [0.717, 1.165) is 44.2 Å². The molecule has 3 fully saturated rings. The molecule has 4 atom stereocenters. The Balaban J connectivity index is 1.65. The van der Waals surface area contributed by atoms with Crippen LogP contribution < -0.4 is 5.73 Å². The first-order valence-corrected chi connectivity index (χ1v) is 8.67. The number of likely N-dealkylation sites (tertiary alicyclic amines) is 1. The van der Waals surface area contributed by atoms with Crippen molar-refractivity contribution in [3.05, 3.63) is 0 Å². The van der Waals surface area contributed by atoms with Crippen LogP contribution in [0.15, 0.2) is 0 Å². The van der Waals surface area contributed by atoms with Crippen LogP contribution in [0.4, 0.5) is 0 Å². The van der Waals surface area contributed by atoms with Gasteiger partial charge in [0.25, 0.3) is 0 Å². The Labute approximate surface area is 123 Å². The Morgan fingerprint density at radius 1 is 1.10 bits per heavy atom. The smallest absolute Gasteiger partial charge is 0.242 e. The van der Waals surface area contributed by atoms with Gasteiger partial charge in [0.1, 0.15) is 0 Å². The first-order chi connectivity index (χ1) is 9.58. The summed E-state index contributed by atoms with van der Waals surface area (Å²) in [6.45, 7) is 4.17. The molecule has 3 nitrogen and oxygen atoms in total. The van der Waals surface area contributed by atoms with Gasteiger partial charge in [-0.2, -0.15) is 0 Å². The number of rotatable bonds is 1. The lowest BCUT2D eigenvalue weighted by molar-refractivity contribution is -0.142. The number of piperidine rings is 1.